The Morgan fingerprint density at radius 1 is 1.07 bits per heavy atom. The normalized spacial score (nSPS) is 11.3. The summed E-state index contributed by atoms with van der Waals surface area (Å²) in [6, 6.07) is 13.6. The van der Waals surface area contributed by atoms with E-state index < -0.39 is 17.7 Å². The molecule has 0 heterocycles. The van der Waals surface area contributed by atoms with Crippen molar-refractivity contribution < 1.29 is 27.5 Å². The van der Waals surface area contributed by atoms with E-state index in [-0.39, 0.29) is 18.9 Å². The second-order valence-electron chi connectivity index (χ2n) is 5.36. The molecule has 0 saturated carbocycles. The minimum Gasteiger partial charge on any atom is -0.453 e. The molecule has 2 aromatic rings. The molecule has 0 atom stereocenters. The van der Waals surface area contributed by atoms with Crippen LogP contribution in [0.15, 0.2) is 59.8 Å². The smallest absolute Gasteiger partial charge is 0.416 e. The summed E-state index contributed by atoms with van der Waals surface area (Å²) in [7, 11) is 0. The highest BCUT2D eigenvalue weighted by Gasteiger charge is 2.30. The van der Waals surface area contributed by atoms with Gasteiger partial charge in [0.1, 0.15) is 6.61 Å². The molecule has 7 heteroatoms. The van der Waals surface area contributed by atoms with E-state index in [1.165, 1.54) is 19.1 Å². The second-order valence-corrected chi connectivity index (χ2v) is 5.36. The number of ether oxygens (including phenoxy) is 1. The van der Waals surface area contributed by atoms with E-state index in [1.54, 1.807) is 0 Å². The molecule has 0 aliphatic heterocycles. The maximum absolute atomic E-state index is 12.7. The molecule has 0 aliphatic rings. The molecule has 0 saturated heterocycles. The summed E-state index contributed by atoms with van der Waals surface area (Å²) in [4.78, 5) is 16.0. The fraction of sp³-hybridized carbons (Fsp3) is 0.200. The predicted molar refractivity (Wildman–Crippen MR) is 93.6 cm³/mol. The molecule has 0 radical (unpaired) electrons. The van der Waals surface area contributed by atoms with Crippen LogP contribution in [0.1, 0.15) is 23.6 Å². The number of benzene rings is 2. The molecule has 140 valence electrons. The number of rotatable bonds is 5. The Morgan fingerprint density at radius 3 is 2.33 bits per heavy atom. The first-order chi connectivity index (χ1) is 12.9. The van der Waals surface area contributed by atoms with Crippen molar-refractivity contribution in [3.05, 3.63) is 71.3 Å². The van der Waals surface area contributed by atoms with Crippen LogP contribution in [0.25, 0.3) is 0 Å². The summed E-state index contributed by atoms with van der Waals surface area (Å²) in [6.45, 7) is 1.26. The van der Waals surface area contributed by atoms with Crippen LogP contribution in [0.3, 0.4) is 0 Å². The monoisotopic (exact) mass is 375 g/mol. The van der Waals surface area contributed by atoms with Crippen molar-refractivity contribution in [2.75, 3.05) is 6.61 Å². The molecular weight excluding hydrogens is 359 g/mol. The quantitative estimate of drug-likeness (QED) is 0.341. The van der Waals surface area contributed by atoms with E-state index in [0.717, 1.165) is 17.7 Å². The third kappa shape index (κ3) is 6.86. The van der Waals surface area contributed by atoms with E-state index in [0.29, 0.717) is 5.56 Å². The molecular formula is C20H16F3NO3. The first kappa shape index (κ1) is 20.0. The number of nitrogens with zero attached hydrogens (tertiary/aromatic N) is 1. The Kier molecular flexibility index (Phi) is 7.00. The minimum absolute atomic E-state index is 0.131. The van der Waals surface area contributed by atoms with Crippen molar-refractivity contribution in [2.45, 2.75) is 19.7 Å². The minimum atomic E-state index is -4.43. The van der Waals surface area contributed by atoms with Crippen LogP contribution in [0.5, 0.6) is 0 Å². The zero-order valence-corrected chi connectivity index (χ0v) is 14.4. The fourth-order valence-electron chi connectivity index (χ4n) is 1.97. The standard InChI is InChI=1S/C20H16F3NO3/c1-15(25)26-13-5-8-19(24-27-14-16-6-3-2-4-7-16)17-9-11-18(12-10-17)20(21,22)23/h2-4,6-7,9-12H,13-14H2,1H3/b24-19-. The Labute approximate surface area is 154 Å². The van der Waals surface area contributed by atoms with Crippen LogP contribution < -0.4 is 0 Å². The third-order valence-electron chi connectivity index (χ3n) is 3.27. The Balaban J connectivity index is 2.17. The predicted octanol–water partition coefficient (Wildman–Crippen LogP) is 4.19. The van der Waals surface area contributed by atoms with Gasteiger partial charge in [-0.3, -0.25) is 4.79 Å². The third-order valence-corrected chi connectivity index (χ3v) is 3.27. The van der Waals surface area contributed by atoms with Crippen molar-refractivity contribution in [2.24, 2.45) is 5.16 Å². The van der Waals surface area contributed by atoms with Gasteiger partial charge in [-0.1, -0.05) is 53.5 Å². The van der Waals surface area contributed by atoms with Gasteiger partial charge in [-0.15, -0.1) is 0 Å². The lowest BCUT2D eigenvalue weighted by molar-refractivity contribution is -0.139. The molecule has 2 rings (SSSR count). The van der Waals surface area contributed by atoms with Crippen molar-refractivity contribution in [1.82, 2.24) is 0 Å². The number of oxime groups is 1. The Bertz CT molecular complexity index is 848. The SMILES string of the molecule is CC(=O)OCC#C/C(=N/OCc1ccccc1)c1ccc(C(F)(F)F)cc1. The van der Waals surface area contributed by atoms with Gasteiger partial charge in [0.25, 0.3) is 0 Å². The first-order valence-electron chi connectivity index (χ1n) is 7.90. The number of hydrogen-bond acceptors (Lipinski definition) is 4. The molecule has 0 amide bonds. The summed E-state index contributed by atoms with van der Waals surface area (Å²) >= 11 is 0. The second kappa shape index (κ2) is 9.43. The average molecular weight is 375 g/mol. The van der Waals surface area contributed by atoms with Gasteiger partial charge in [0.15, 0.2) is 12.3 Å². The van der Waals surface area contributed by atoms with Crippen LogP contribution >= 0.6 is 0 Å². The topological polar surface area (TPSA) is 47.9 Å². The van der Waals surface area contributed by atoms with Crippen LogP contribution in [-0.4, -0.2) is 18.3 Å². The first-order valence-corrected chi connectivity index (χ1v) is 7.90. The van der Waals surface area contributed by atoms with Crippen molar-refractivity contribution in [3.63, 3.8) is 0 Å². The summed E-state index contributed by atoms with van der Waals surface area (Å²) < 4.78 is 42.8. The molecule has 2 aromatic carbocycles. The van der Waals surface area contributed by atoms with E-state index in [2.05, 4.69) is 17.0 Å². The maximum atomic E-state index is 12.7. The molecule has 0 N–H and O–H groups in total. The lowest BCUT2D eigenvalue weighted by Gasteiger charge is -2.07. The average Bonchev–Trinajstić information content (AvgIpc) is 2.64. The van der Waals surface area contributed by atoms with E-state index >= 15 is 0 Å². The molecule has 4 nitrogen and oxygen atoms in total. The zero-order chi connectivity index (χ0) is 19.7. The molecule has 0 aliphatic carbocycles. The molecule has 27 heavy (non-hydrogen) atoms. The van der Waals surface area contributed by atoms with Crippen LogP contribution in [0.2, 0.25) is 0 Å². The van der Waals surface area contributed by atoms with Gasteiger partial charge in [-0.25, -0.2) is 0 Å². The van der Waals surface area contributed by atoms with Crippen molar-refractivity contribution >= 4 is 11.7 Å². The van der Waals surface area contributed by atoms with E-state index in [4.69, 9.17) is 9.57 Å². The molecule has 0 fully saturated rings. The zero-order valence-electron chi connectivity index (χ0n) is 14.4. The number of alkyl halides is 3. The highest BCUT2D eigenvalue weighted by atomic mass is 19.4. The number of carbonyl (C=O) groups is 1. The Hall–Kier alpha value is -3.27. The van der Waals surface area contributed by atoms with Crippen LogP contribution in [0, 0.1) is 11.8 Å². The summed E-state index contributed by atoms with van der Waals surface area (Å²) in [5, 5.41) is 3.92. The van der Waals surface area contributed by atoms with Crippen molar-refractivity contribution in [3.8, 4) is 11.8 Å². The van der Waals surface area contributed by atoms with Crippen molar-refractivity contribution in [1.29, 1.82) is 0 Å². The Morgan fingerprint density at radius 2 is 1.74 bits per heavy atom. The lowest BCUT2D eigenvalue weighted by atomic mass is 10.1. The number of carbonyl (C=O) groups excluding carboxylic acids is 1. The van der Waals surface area contributed by atoms with Gasteiger partial charge < -0.3 is 9.57 Å². The summed E-state index contributed by atoms with van der Waals surface area (Å²) in [6.07, 6.45) is -4.43. The van der Waals surface area contributed by atoms with E-state index in [1.807, 2.05) is 30.3 Å². The van der Waals surface area contributed by atoms with Gasteiger partial charge in [-0.2, -0.15) is 13.2 Å². The molecule has 0 aromatic heterocycles. The van der Waals surface area contributed by atoms with Gasteiger partial charge in [0.05, 0.1) is 5.56 Å². The number of halogens is 3. The number of esters is 1. The van der Waals surface area contributed by atoms with Gasteiger partial charge >= 0.3 is 12.1 Å². The maximum Gasteiger partial charge on any atom is 0.416 e. The number of hydrogen-bond donors (Lipinski definition) is 0. The fourth-order valence-corrected chi connectivity index (χ4v) is 1.97. The summed E-state index contributed by atoms with van der Waals surface area (Å²) in [5.74, 6) is 4.75. The molecule has 0 spiro atoms. The molecule has 0 bridgehead atoms. The van der Waals surface area contributed by atoms with Crippen LogP contribution in [-0.2, 0) is 27.2 Å². The lowest BCUT2D eigenvalue weighted by Crippen LogP contribution is -2.06. The molecule has 0 unspecified atom stereocenters. The van der Waals surface area contributed by atoms with Crippen LogP contribution in [0.4, 0.5) is 13.2 Å². The highest BCUT2D eigenvalue weighted by molar-refractivity contribution is 6.12. The van der Waals surface area contributed by atoms with E-state index in [9.17, 15) is 18.0 Å². The van der Waals surface area contributed by atoms with Gasteiger partial charge in [0.2, 0.25) is 0 Å². The summed E-state index contributed by atoms with van der Waals surface area (Å²) in [5.41, 5.74) is 0.586. The van der Waals surface area contributed by atoms with Gasteiger partial charge in [-0.05, 0) is 23.6 Å². The highest BCUT2D eigenvalue weighted by Crippen LogP contribution is 2.29. The van der Waals surface area contributed by atoms with Gasteiger partial charge in [0, 0.05) is 12.5 Å². The largest absolute Gasteiger partial charge is 0.453 e.